The van der Waals surface area contributed by atoms with Crippen LogP contribution in [0.25, 0.3) is 0 Å². The first-order valence-electron chi connectivity index (χ1n) is 10.7. The van der Waals surface area contributed by atoms with Gasteiger partial charge >= 0.3 is 0 Å². The number of hydrogen-bond donors (Lipinski definition) is 2. The molecule has 1 aliphatic heterocycles. The standard InChI is InChI=1S/C22H29N3O8/c26-21-12-18-15-32-9-7-30-5-3-24(4-6-31-8-10-33-16-19(13-21)23-18)14-17-11-20(25(28)29)1-2-22(17)27/h1-2,11-13,27H,3-10,14-16H2,(H,23,26). The number of non-ortho nitro benzene ring substituents is 1. The number of ether oxygens (including phenoxy) is 4. The number of phenolic OH excluding ortho intramolecular Hbond substituents is 1. The van der Waals surface area contributed by atoms with Crippen molar-refractivity contribution in [2.24, 2.45) is 0 Å². The molecule has 11 nitrogen and oxygen atoms in total. The number of rotatable bonds is 3. The molecule has 2 N–H and O–H groups in total. The van der Waals surface area contributed by atoms with Crippen LogP contribution >= 0.6 is 0 Å². The maximum atomic E-state index is 11.8. The minimum atomic E-state index is -0.486. The summed E-state index contributed by atoms with van der Waals surface area (Å²) < 4.78 is 22.5. The molecule has 1 aromatic carbocycles. The normalized spacial score (nSPS) is 17.7. The lowest BCUT2D eigenvalue weighted by molar-refractivity contribution is -0.385. The van der Waals surface area contributed by atoms with E-state index in [9.17, 15) is 20.0 Å². The second-order valence-corrected chi connectivity index (χ2v) is 7.54. The largest absolute Gasteiger partial charge is 0.508 e. The fourth-order valence-electron chi connectivity index (χ4n) is 3.33. The Balaban J connectivity index is 1.58. The number of aromatic hydroxyl groups is 1. The number of benzene rings is 1. The first-order chi connectivity index (χ1) is 16.0. The van der Waals surface area contributed by atoms with Crippen molar-refractivity contribution in [3.05, 3.63) is 67.6 Å². The third-order valence-electron chi connectivity index (χ3n) is 4.98. The number of H-pyrrole nitrogens is 1. The Morgan fingerprint density at radius 1 is 0.909 bits per heavy atom. The summed E-state index contributed by atoms with van der Waals surface area (Å²) in [7, 11) is 0. The zero-order valence-electron chi connectivity index (χ0n) is 18.4. The summed E-state index contributed by atoms with van der Waals surface area (Å²) in [4.78, 5) is 27.5. The summed E-state index contributed by atoms with van der Waals surface area (Å²) in [5.41, 5.74) is 1.62. The molecule has 0 saturated carbocycles. The van der Waals surface area contributed by atoms with Gasteiger partial charge in [-0.15, -0.1) is 0 Å². The van der Waals surface area contributed by atoms with Gasteiger partial charge in [-0.1, -0.05) is 0 Å². The number of nitro benzene ring substituents is 1. The van der Waals surface area contributed by atoms with E-state index in [2.05, 4.69) is 4.98 Å². The van der Waals surface area contributed by atoms with Crippen LogP contribution in [0.2, 0.25) is 0 Å². The molecule has 1 aromatic heterocycles. The van der Waals surface area contributed by atoms with Gasteiger partial charge in [-0.05, 0) is 6.07 Å². The van der Waals surface area contributed by atoms with Crippen LogP contribution in [0.5, 0.6) is 5.75 Å². The van der Waals surface area contributed by atoms with Gasteiger partial charge in [-0.3, -0.25) is 19.8 Å². The van der Waals surface area contributed by atoms with Crippen LogP contribution in [-0.4, -0.2) is 72.6 Å². The van der Waals surface area contributed by atoms with Gasteiger partial charge in [0.2, 0.25) is 0 Å². The van der Waals surface area contributed by atoms with Gasteiger partial charge in [0.05, 0.1) is 57.8 Å². The van der Waals surface area contributed by atoms with E-state index < -0.39 is 4.92 Å². The number of nitro groups is 1. The van der Waals surface area contributed by atoms with Crippen molar-refractivity contribution in [3.8, 4) is 5.75 Å². The van der Waals surface area contributed by atoms with Crippen LogP contribution in [0.3, 0.4) is 0 Å². The van der Waals surface area contributed by atoms with Crippen molar-refractivity contribution in [2.45, 2.75) is 19.8 Å². The first-order valence-corrected chi connectivity index (χ1v) is 10.7. The van der Waals surface area contributed by atoms with Crippen LogP contribution in [0.4, 0.5) is 5.69 Å². The Labute approximate surface area is 191 Å². The van der Waals surface area contributed by atoms with E-state index >= 15 is 0 Å². The van der Waals surface area contributed by atoms with Crippen molar-refractivity contribution in [2.75, 3.05) is 52.7 Å². The molecule has 0 amide bonds. The molecular formula is C22H29N3O8. The van der Waals surface area contributed by atoms with Crippen molar-refractivity contribution >= 4 is 5.69 Å². The lowest BCUT2D eigenvalue weighted by atomic mass is 10.1. The highest BCUT2D eigenvalue weighted by Gasteiger charge is 2.14. The van der Waals surface area contributed by atoms with E-state index in [1.54, 1.807) is 0 Å². The summed E-state index contributed by atoms with van der Waals surface area (Å²) >= 11 is 0. The SMILES string of the molecule is O=c1cc2[nH]c(c1)COCCOCCN(Cc1cc([N+](=O)[O-])ccc1O)CCOCCOC2. The first kappa shape index (κ1) is 24.8. The second kappa shape index (κ2) is 13.0. The molecule has 3 rings (SSSR count). The number of fused-ring (bicyclic) bond motifs is 2. The van der Waals surface area contributed by atoms with Crippen LogP contribution in [0.15, 0.2) is 35.1 Å². The maximum absolute atomic E-state index is 11.8. The predicted octanol–water partition coefficient (Wildman–Crippen LogP) is 1.57. The van der Waals surface area contributed by atoms with E-state index in [-0.39, 0.29) is 30.1 Å². The lowest BCUT2D eigenvalue weighted by Gasteiger charge is -2.23. The Hall–Kier alpha value is -2.83. The Bertz CT molecular complexity index is 926. The van der Waals surface area contributed by atoms with Crippen molar-refractivity contribution in [1.82, 2.24) is 9.88 Å². The zero-order chi connectivity index (χ0) is 23.5. The molecule has 0 radical (unpaired) electrons. The number of hydrogen-bond acceptors (Lipinski definition) is 9. The summed E-state index contributed by atoms with van der Waals surface area (Å²) in [6, 6.07) is 6.97. The highest BCUT2D eigenvalue weighted by atomic mass is 16.6. The average Bonchev–Trinajstić information content (AvgIpc) is 2.77. The molecule has 2 heterocycles. The molecule has 0 unspecified atom stereocenters. The van der Waals surface area contributed by atoms with Gasteiger partial charge in [0.25, 0.3) is 5.69 Å². The molecule has 0 fully saturated rings. The van der Waals surface area contributed by atoms with E-state index in [1.165, 1.54) is 30.3 Å². The second-order valence-electron chi connectivity index (χ2n) is 7.54. The zero-order valence-corrected chi connectivity index (χ0v) is 18.4. The van der Waals surface area contributed by atoms with E-state index in [1.807, 2.05) is 4.90 Å². The summed E-state index contributed by atoms with van der Waals surface area (Å²) in [5.74, 6) is 0.00458. The van der Waals surface area contributed by atoms with E-state index in [0.717, 1.165) is 0 Å². The summed E-state index contributed by atoms with van der Waals surface area (Å²) in [6.45, 7) is 4.20. The molecular weight excluding hydrogens is 434 g/mol. The average molecular weight is 463 g/mol. The van der Waals surface area contributed by atoms with Gasteiger partial charge in [-0.25, -0.2) is 0 Å². The summed E-state index contributed by atoms with van der Waals surface area (Å²) in [5, 5.41) is 21.2. The van der Waals surface area contributed by atoms with Gasteiger partial charge < -0.3 is 29.0 Å². The van der Waals surface area contributed by atoms with Crippen LogP contribution in [0, 0.1) is 10.1 Å². The monoisotopic (exact) mass is 463 g/mol. The smallest absolute Gasteiger partial charge is 0.270 e. The molecule has 33 heavy (non-hydrogen) atoms. The number of nitrogens with zero attached hydrogens (tertiary/aromatic N) is 2. The number of aromatic nitrogens is 1. The summed E-state index contributed by atoms with van der Waals surface area (Å²) in [6.07, 6.45) is 0. The van der Waals surface area contributed by atoms with Gasteiger partial charge in [-0.2, -0.15) is 0 Å². The van der Waals surface area contributed by atoms with Gasteiger partial charge in [0, 0.05) is 60.9 Å². The van der Waals surface area contributed by atoms with Crippen molar-refractivity contribution in [3.63, 3.8) is 0 Å². The van der Waals surface area contributed by atoms with Crippen LogP contribution in [0.1, 0.15) is 17.0 Å². The third-order valence-corrected chi connectivity index (χ3v) is 4.98. The fourth-order valence-corrected chi connectivity index (χ4v) is 3.33. The molecule has 2 bridgehead atoms. The van der Waals surface area contributed by atoms with Gasteiger partial charge in [0.15, 0.2) is 5.43 Å². The number of phenols is 1. The van der Waals surface area contributed by atoms with E-state index in [4.69, 9.17) is 18.9 Å². The molecule has 0 spiro atoms. The number of nitrogens with one attached hydrogen (secondary N) is 1. The maximum Gasteiger partial charge on any atom is 0.270 e. The molecule has 11 heteroatoms. The van der Waals surface area contributed by atoms with Gasteiger partial charge in [0.1, 0.15) is 5.75 Å². The number of aromatic amines is 1. The molecule has 0 aliphatic carbocycles. The number of pyridine rings is 1. The highest BCUT2D eigenvalue weighted by molar-refractivity contribution is 5.42. The van der Waals surface area contributed by atoms with Crippen LogP contribution < -0.4 is 5.43 Å². The van der Waals surface area contributed by atoms with Crippen molar-refractivity contribution in [1.29, 1.82) is 0 Å². The topological polar surface area (TPSA) is 136 Å². The predicted molar refractivity (Wildman–Crippen MR) is 118 cm³/mol. The Morgan fingerprint density at radius 2 is 1.48 bits per heavy atom. The van der Waals surface area contributed by atoms with E-state index in [0.29, 0.717) is 76.2 Å². The molecule has 2 aromatic rings. The lowest BCUT2D eigenvalue weighted by Crippen LogP contribution is -2.31. The molecule has 0 saturated heterocycles. The molecule has 180 valence electrons. The molecule has 0 atom stereocenters. The Morgan fingerprint density at radius 3 is 2.06 bits per heavy atom. The van der Waals surface area contributed by atoms with Crippen LogP contribution in [-0.2, 0) is 38.7 Å². The minimum Gasteiger partial charge on any atom is -0.508 e. The molecule has 1 aliphatic rings. The van der Waals surface area contributed by atoms with Crippen molar-refractivity contribution < 1.29 is 29.0 Å². The fraction of sp³-hybridized carbons (Fsp3) is 0.500. The Kier molecular flexibility index (Phi) is 9.78. The third kappa shape index (κ3) is 8.56. The quantitative estimate of drug-likeness (QED) is 0.513. The minimum absolute atomic E-state index is 0.00458. The highest BCUT2D eigenvalue weighted by Crippen LogP contribution is 2.24.